The Hall–Kier alpha value is -0.280. The van der Waals surface area contributed by atoms with Gasteiger partial charge in [0.25, 0.3) is 0 Å². The van der Waals surface area contributed by atoms with Crippen LogP contribution < -0.4 is 5.32 Å². The van der Waals surface area contributed by atoms with Crippen LogP contribution >= 0.6 is 11.6 Å². The van der Waals surface area contributed by atoms with Crippen molar-refractivity contribution in [1.29, 1.82) is 0 Å². The Bertz CT molecular complexity index is 188. The summed E-state index contributed by atoms with van der Waals surface area (Å²) in [5.74, 6) is -0.0601. The summed E-state index contributed by atoms with van der Waals surface area (Å²) in [5, 5.41) is 2.47. The van der Waals surface area contributed by atoms with E-state index in [0.29, 0.717) is 12.1 Å². The van der Waals surface area contributed by atoms with Gasteiger partial charge in [-0.1, -0.05) is 0 Å². The molecule has 1 amide bonds. The zero-order chi connectivity index (χ0) is 10.0. The molecule has 13 heavy (non-hydrogen) atoms. The second kappa shape index (κ2) is 4.29. The first-order valence-electron chi connectivity index (χ1n) is 4.69. The van der Waals surface area contributed by atoms with Crippen LogP contribution in [0.4, 0.5) is 0 Å². The molecule has 1 rings (SSSR count). The Balaban J connectivity index is 2.18. The van der Waals surface area contributed by atoms with E-state index in [1.807, 2.05) is 0 Å². The molecule has 1 atom stereocenters. The maximum absolute atomic E-state index is 11.2. The second-order valence-corrected chi connectivity index (χ2v) is 4.52. The fourth-order valence-electron chi connectivity index (χ4n) is 1.34. The van der Waals surface area contributed by atoms with Gasteiger partial charge in [-0.2, -0.15) is 0 Å². The van der Waals surface area contributed by atoms with Gasteiger partial charge >= 0.3 is 0 Å². The summed E-state index contributed by atoms with van der Waals surface area (Å²) in [7, 11) is 0. The van der Waals surface area contributed by atoms with Gasteiger partial charge in [-0.05, 0) is 20.8 Å². The summed E-state index contributed by atoms with van der Waals surface area (Å²) in [6, 6.07) is 0.873. The first-order chi connectivity index (χ1) is 6.00. The SMILES string of the molecule is CC(Cl)C(=O)NC1CN(C(C)C)C1. The summed E-state index contributed by atoms with van der Waals surface area (Å²) in [4.78, 5) is 13.5. The summed E-state index contributed by atoms with van der Waals surface area (Å²) in [6.07, 6.45) is 0. The number of likely N-dealkylation sites (tertiary alicyclic amines) is 1. The summed E-state index contributed by atoms with van der Waals surface area (Å²) in [6.45, 7) is 7.90. The molecule has 1 heterocycles. The third-order valence-electron chi connectivity index (χ3n) is 2.35. The van der Waals surface area contributed by atoms with Crippen molar-refractivity contribution in [2.24, 2.45) is 0 Å². The lowest BCUT2D eigenvalue weighted by atomic mass is 10.1. The molecule has 0 aromatic rings. The normalized spacial score (nSPS) is 21.3. The first-order valence-corrected chi connectivity index (χ1v) is 5.13. The highest BCUT2D eigenvalue weighted by molar-refractivity contribution is 6.30. The van der Waals surface area contributed by atoms with Crippen molar-refractivity contribution in [2.45, 2.75) is 38.2 Å². The molecule has 4 heteroatoms. The molecule has 1 saturated heterocycles. The Kier molecular flexibility index (Phi) is 3.56. The molecule has 1 unspecified atom stereocenters. The van der Waals surface area contributed by atoms with Crippen LogP contribution in [0.1, 0.15) is 20.8 Å². The van der Waals surface area contributed by atoms with Crippen LogP contribution in [0.25, 0.3) is 0 Å². The van der Waals surface area contributed by atoms with Crippen LogP contribution in [0.15, 0.2) is 0 Å². The molecule has 0 saturated carbocycles. The van der Waals surface area contributed by atoms with Gasteiger partial charge in [-0.25, -0.2) is 0 Å². The number of carbonyl (C=O) groups excluding carboxylic acids is 1. The van der Waals surface area contributed by atoms with Gasteiger partial charge in [0, 0.05) is 19.1 Å². The molecule has 0 spiro atoms. The van der Waals surface area contributed by atoms with Gasteiger partial charge in [0.1, 0.15) is 5.38 Å². The molecule has 0 aromatic heterocycles. The van der Waals surface area contributed by atoms with Crippen molar-refractivity contribution in [2.75, 3.05) is 13.1 Å². The minimum Gasteiger partial charge on any atom is -0.350 e. The van der Waals surface area contributed by atoms with Gasteiger partial charge < -0.3 is 5.32 Å². The first kappa shape index (κ1) is 10.8. The topological polar surface area (TPSA) is 32.3 Å². The smallest absolute Gasteiger partial charge is 0.238 e. The molecule has 0 aliphatic carbocycles. The number of rotatable bonds is 3. The van der Waals surface area contributed by atoms with E-state index in [0.717, 1.165) is 13.1 Å². The van der Waals surface area contributed by atoms with E-state index in [2.05, 4.69) is 24.1 Å². The minimum atomic E-state index is -0.423. The lowest BCUT2D eigenvalue weighted by molar-refractivity contribution is -0.122. The Morgan fingerprint density at radius 2 is 2.00 bits per heavy atom. The fraction of sp³-hybridized carbons (Fsp3) is 0.889. The second-order valence-electron chi connectivity index (χ2n) is 3.87. The molecule has 0 aromatic carbocycles. The number of hydrogen-bond donors (Lipinski definition) is 1. The lowest BCUT2D eigenvalue weighted by Crippen LogP contribution is -2.61. The third-order valence-corrected chi connectivity index (χ3v) is 2.55. The zero-order valence-electron chi connectivity index (χ0n) is 8.38. The van der Waals surface area contributed by atoms with E-state index in [1.165, 1.54) is 0 Å². The average Bonchev–Trinajstić information content (AvgIpc) is 1.94. The monoisotopic (exact) mass is 204 g/mol. The maximum atomic E-state index is 11.2. The largest absolute Gasteiger partial charge is 0.350 e. The predicted molar refractivity (Wildman–Crippen MR) is 54.0 cm³/mol. The average molecular weight is 205 g/mol. The number of alkyl halides is 1. The predicted octanol–water partition coefficient (Wildman–Crippen LogP) is 0.822. The Morgan fingerprint density at radius 1 is 1.46 bits per heavy atom. The highest BCUT2D eigenvalue weighted by atomic mass is 35.5. The molecule has 1 aliphatic heterocycles. The number of halogens is 1. The maximum Gasteiger partial charge on any atom is 0.238 e. The lowest BCUT2D eigenvalue weighted by Gasteiger charge is -2.42. The highest BCUT2D eigenvalue weighted by Gasteiger charge is 2.29. The summed E-state index contributed by atoms with van der Waals surface area (Å²) < 4.78 is 0. The standard InChI is InChI=1S/C9H17ClN2O/c1-6(2)12-4-8(5-12)11-9(13)7(3)10/h6-8H,4-5H2,1-3H3,(H,11,13). The van der Waals surface area contributed by atoms with Crippen LogP contribution in [0.3, 0.4) is 0 Å². The van der Waals surface area contributed by atoms with Gasteiger partial charge in [0.2, 0.25) is 5.91 Å². The third kappa shape index (κ3) is 2.85. The number of nitrogens with one attached hydrogen (secondary N) is 1. The van der Waals surface area contributed by atoms with Gasteiger partial charge in [-0.15, -0.1) is 11.6 Å². The van der Waals surface area contributed by atoms with E-state index in [9.17, 15) is 4.79 Å². The van der Waals surface area contributed by atoms with E-state index in [-0.39, 0.29) is 5.91 Å². The van der Waals surface area contributed by atoms with E-state index < -0.39 is 5.38 Å². The summed E-state index contributed by atoms with van der Waals surface area (Å²) >= 11 is 5.63. The van der Waals surface area contributed by atoms with Crippen LogP contribution in [0.2, 0.25) is 0 Å². The number of carbonyl (C=O) groups is 1. The van der Waals surface area contributed by atoms with Gasteiger partial charge in [0.05, 0.1) is 6.04 Å². The molecule has 1 N–H and O–H groups in total. The fourth-order valence-corrected chi connectivity index (χ4v) is 1.40. The van der Waals surface area contributed by atoms with E-state index in [4.69, 9.17) is 11.6 Å². The Labute approximate surface area is 84.4 Å². The van der Waals surface area contributed by atoms with Crippen molar-refractivity contribution in [3.8, 4) is 0 Å². The number of nitrogens with zero attached hydrogens (tertiary/aromatic N) is 1. The molecule has 76 valence electrons. The number of hydrogen-bond acceptors (Lipinski definition) is 2. The quantitative estimate of drug-likeness (QED) is 0.691. The van der Waals surface area contributed by atoms with Crippen molar-refractivity contribution >= 4 is 17.5 Å². The van der Waals surface area contributed by atoms with Crippen molar-refractivity contribution in [1.82, 2.24) is 10.2 Å². The van der Waals surface area contributed by atoms with Gasteiger partial charge in [-0.3, -0.25) is 9.69 Å². The highest BCUT2D eigenvalue weighted by Crippen LogP contribution is 2.11. The molecular weight excluding hydrogens is 188 g/mol. The van der Waals surface area contributed by atoms with Crippen molar-refractivity contribution in [3.63, 3.8) is 0 Å². The van der Waals surface area contributed by atoms with E-state index in [1.54, 1.807) is 6.92 Å². The molecule has 1 aliphatic rings. The van der Waals surface area contributed by atoms with Crippen LogP contribution in [-0.4, -0.2) is 41.4 Å². The van der Waals surface area contributed by atoms with Crippen LogP contribution in [0, 0.1) is 0 Å². The molecule has 0 bridgehead atoms. The summed E-state index contributed by atoms with van der Waals surface area (Å²) in [5.41, 5.74) is 0. The molecule has 3 nitrogen and oxygen atoms in total. The zero-order valence-corrected chi connectivity index (χ0v) is 9.14. The van der Waals surface area contributed by atoms with Crippen molar-refractivity contribution in [3.05, 3.63) is 0 Å². The van der Waals surface area contributed by atoms with Crippen molar-refractivity contribution < 1.29 is 4.79 Å². The minimum absolute atomic E-state index is 0.0601. The molecular formula is C9H17ClN2O. The Morgan fingerprint density at radius 3 is 2.38 bits per heavy atom. The van der Waals surface area contributed by atoms with Crippen LogP contribution in [0.5, 0.6) is 0 Å². The van der Waals surface area contributed by atoms with Gasteiger partial charge in [0.15, 0.2) is 0 Å². The molecule has 1 fully saturated rings. The molecule has 0 radical (unpaired) electrons. The van der Waals surface area contributed by atoms with E-state index >= 15 is 0 Å². The van der Waals surface area contributed by atoms with Crippen LogP contribution in [-0.2, 0) is 4.79 Å². The number of amides is 1.